The molecule has 0 saturated carbocycles. The average Bonchev–Trinajstić information content (AvgIpc) is 2.15. The van der Waals surface area contributed by atoms with Gasteiger partial charge >= 0.3 is 0 Å². The summed E-state index contributed by atoms with van der Waals surface area (Å²) in [6.45, 7) is 6.47. The molecule has 0 fully saturated rings. The third-order valence-electron chi connectivity index (χ3n) is 2.63. The van der Waals surface area contributed by atoms with Crippen molar-refractivity contribution in [1.29, 1.82) is 0 Å². The van der Waals surface area contributed by atoms with E-state index < -0.39 is 0 Å². The number of rotatable bonds is 3. The Morgan fingerprint density at radius 2 is 1.75 bits per heavy atom. The molecular weight excluding hydrogens is 200 g/mol. The first-order valence-corrected chi connectivity index (χ1v) is 5.45. The molecule has 0 radical (unpaired) electrons. The summed E-state index contributed by atoms with van der Waals surface area (Å²) in [5.41, 5.74) is 13.3. The van der Waals surface area contributed by atoms with Crippen LogP contribution in [0.25, 0.3) is 0 Å². The van der Waals surface area contributed by atoms with Gasteiger partial charge in [0.05, 0.1) is 0 Å². The molecule has 1 aromatic carbocycles. The summed E-state index contributed by atoms with van der Waals surface area (Å²) < 4.78 is 0. The van der Waals surface area contributed by atoms with Crippen LogP contribution in [0.4, 0.5) is 0 Å². The van der Waals surface area contributed by atoms with E-state index in [0.717, 1.165) is 5.56 Å². The molecule has 3 heteroatoms. The summed E-state index contributed by atoms with van der Waals surface area (Å²) in [5, 5.41) is 0. The highest BCUT2D eigenvalue weighted by Gasteiger charge is 2.14. The van der Waals surface area contributed by atoms with Crippen LogP contribution in [0, 0.1) is 0 Å². The van der Waals surface area contributed by atoms with Gasteiger partial charge in [-0.05, 0) is 16.5 Å². The lowest BCUT2D eigenvalue weighted by atomic mass is 9.86. The van der Waals surface area contributed by atoms with Crippen molar-refractivity contribution in [3.05, 3.63) is 35.4 Å². The van der Waals surface area contributed by atoms with Crippen molar-refractivity contribution in [3.8, 4) is 0 Å². The SMILES string of the molecule is CC(C)(C)c1ccc([C@@H](N)CC(N)=O)cc1. The molecule has 1 atom stereocenters. The zero-order chi connectivity index (χ0) is 12.3. The van der Waals surface area contributed by atoms with E-state index in [0.29, 0.717) is 0 Å². The van der Waals surface area contributed by atoms with Crippen LogP contribution in [0.15, 0.2) is 24.3 Å². The van der Waals surface area contributed by atoms with Crippen molar-refractivity contribution < 1.29 is 4.79 Å². The fourth-order valence-corrected chi connectivity index (χ4v) is 1.56. The summed E-state index contributed by atoms with van der Waals surface area (Å²) in [7, 11) is 0. The maximum Gasteiger partial charge on any atom is 0.219 e. The van der Waals surface area contributed by atoms with E-state index in [2.05, 4.69) is 32.9 Å². The van der Waals surface area contributed by atoms with Crippen LogP contribution in [0.3, 0.4) is 0 Å². The fraction of sp³-hybridized carbons (Fsp3) is 0.462. The van der Waals surface area contributed by atoms with Gasteiger partial charge in [-0.15, -0.1) is 0 Å². The third-order valence-corrected chi connectivity index (χ3v) is 2.63. The van der Waals surface area contributed by atoms with Gasteiger partial charge in [0, 0.05) is 12.5 Å². The largest absolute Gasteiger partial charge is 0.370 e. The smallest absolute Gasteiger partial charge is 0.219 e. The molecule has 0 unspecified atom stereocenters. The van der Waals surface area contributed by atoms with Crippen LogP contribution in [0.2, 0.25) is 0 Å². The molecule has 0 spiro atoms. The van der Waals surface area contributed by atoms with E-state index in [4.69, 9.17) is 11.5 Å². The molecule has 0 aliphatic rings. The molecule has 0 saturated heterocycles. The van der Waals surface area contributed by atoms with Crippen LogP contribution in [0.5, 0.6) is 0 Å². The summed E-state index contributed by atoms with van der Waals surface area (Å²) in [5.74, 6) is -0.368. The minimum atomic E-state index is -0.368. The molecule has 4 N–H and O–H groups in total. The van der Waals surface area contributed by atoms with E-state index in [1.807, 2.05) is 12.1 Å². The first kappa shape index (κ1) is 12.7. The Bertz CT molecular complexity index is 363. The van der Waals surface area contributed by atoms with Crippen molar-refractivity contribution in [3.63, 3.8) is 0 Å². The van der Waals surface area contributed by atoms with Crippen molar-refractivity contribution in [2.24, 2.45) is 11.5 Å². The second-order valence-corrected chi connectivity index (χ2v) is 5.15. The van der Waals surface area contributed by atoms with Gasteiger partial charge in [0.1, 0.15) is 0 Å². The summed E-state index contributed by atoms with van der Waals surface area (Å²) in [6.07, 6.45) is 0.189. The zero-order valence-corrected chi connectivity index (χ0v) is 10.2. The molecule has 0 bridgehead atoms. The second-order valence-electron chi connectivity index (χ2n) is 5.15. The topological polar surface area (TPSA) is 69.1 Å². The molecule has 88 valence electrons. The molecule has 1 aromatic rings. The van der Waals surface area contributed by atoms with Crippen molar-refractivity contribution in [1.82, 2.24) is 0 Å². The highest BCUT2D eigenvalue weighted by molar-refractivity contribution is 5.74. The van der Waals surface area contributed by atoms with E-state index in [1.165, 1.54) is 5.56 Å². The molecule has 3 nitrogen and oxygen atoms in total. The van der Waals surface area contributed by atoms with Crippen molar-refractivity contribution in [2.75, 3.05) is 0 Å². The van der Waals surface area contributed by atoms with E-state index in [9.17, 15) is 4.79 Å². The number of carbonyl (C=O) groups excluding carboxylic acids is 1. The summed E-state index contributed by atoms with van der Waals surface area (Å²) in [6, 6.07) is 7.74. The molecule has 0 aromatic heterocycles. The van der Waals surface area contributed by atoms with Crippen LogP contribution >= 0.6 is 0 Å². The second kappa shape index (κ2) is 4.66. The van der Waals surface area contributed by atoms with Gasteiger partial charge in [-0.2, -0.15) is 0 Å². The molecule has 1 amide bonds. The molecule has 0 aliphatic heterocycles. The van der Waals surface area contributed by atoms with Crippen LogP contribution in [0.1, 0.15) is 44.4 Å². The number of benzene rings is 1. The Labute approximate surface area is 96.8 Å². The Balaban J connectivity index is 2.83. The van der Waals surface area contributed by atoms with Gasteiger partial charge in [-0.1, -0.05) is 45.0 Å². The molecule has 0 heterocycles. The lowest BCUT2D eigenvalue weighted by molar-refractivity contribution is -0.118. The first-order valence-electron chi connectivity index (χ1n) is 5.45. The van der Waals surface area contributed by atoms with Crippen LogP contribution in [-0.4, -0.2) is 5.91 Å². The maximum atomic E-state index is 10.8. The summed E-state index contributed by atoms with van der Waals surface area (Å²) in [4.78, 5) is 10.8. The lowest BCUT2D eigenvalue weighted by Gasteiger charge is -2.20. The van der Waals surface area contributed by atoms with Gasteiger partial charge in [-0.25, -0.2) is 0 Å². The van der Waals surface area contributed by atoms with Gasteiger partial charge in [0.25, 0.3) is 0 Å². The van der Waals surface area contributed by atoms with Gasteiger partial charge in [0.15, 0.2) is 0 Å². The minimum absolute atomic E-state index is 0.131. The standard InChI is InChI=1S/C13H20N2O/c1-13(2,3)10-6-4-9(5-7-10)11(14)8-12(15)16/h4-7,11H,8,14H2,1-3H3,(H2,15,16)/t11-/m0/s1. The maximum absolute atomic E-state index is 10.8. The van der Waals surface area contributed by atoms with Crippen LogP contribution in [-0.2, 0) is 10.2 Å². The lowest BCUT2D eigenvalue weighted by Crippen LogP contribution is -2.21. The Morgan fingerprint density at radius 1 is 1.25 bits per heavy atom. The fourth-order valence-electron chi connectivity index (χ4n) is 1.56. The quantitative estimate of drug-likeness (QED) is 0.816. The first-order chi connectivity index (χ1) is 7.30. The number of hydrogen-bond donors (Lipinski definition) is 2. The minimum Gasteiger partial charge on any atom is -0.370 e. The molecule has 16 heavy (non-hydrogen) atoms. The zero-order valence-electron chi connectivity index (χ0n) is 10.2. The molecular formula is C13H20N2O. The normalized spacial score (nSPS) is 13.5. The monoisotopic (exact) mass is 220 g/mol. The number of amides is 1. The average molecular weight is 220 g/mol. The van der Waals surface area contributed by atoms with E-state index in [-0.39, 0.29) is 23.8 Å². The van der Waals surface area contributed by atoms with E-state index in [1.54, 1.807) is 0 Å². The number of carbonyl (C=O) groups is 1. The third kappa shape index (κ3) is 3.35. The number of primary amides is 1. The van der Waals surface area contributed by atoms with E-state index >= 15 is 0 Å². The van der Waals surface area contributed by atoms with Crippen molar-refractivity contribution >= 4 is 5.91 Å². The predicted octanol–water partition coefficient (Wildman–Crippen LogP) is 1.86. The highest BCUT2D eigenvalue weighted by atomic mass is 16.1. The summed E-state index contributed by atoms with van der Waals surface area (Å²) >= 11 is 0. The van der Waals surface area contributed by atoms with Crippen molar-refractivity contribution in [2.45, 2.75) is 38.6 Å². The Morgan fingerprint density at radius 3 is 2.12 bits per heavy atom. The predicted molar refractivity (Wildman–Crippen MR) is 65.9 cm³/mol. The highest BCUT2D eigenvalue weighted by Crippen LogP contribution is 2.24. The number of hydrogen-bond acceptors (Lipinski definition) is 2. The van der Waals surface area contributed by atoms with Gasteiger partial charge in [0.2, 0.25) is 5.91 Å². The molecule has 0 aliphatic carbocycles. The number of nitrogens with two attached hydrogens (primary N) is 2. The molecule has 1 rings (SSSR count). The van der Waals surface area contributed by atoms with Gasteiger partial charge < -0.3 is 11.5 Å². The van der Waals surface area contributed by atoms with Crippen LogP contribution < -0.4 is 11.5 Å². The Hall–Kier alpha value is -1.35. The Kier molecular flexibility index (Phi) is 3.70. The van der Waals surface area contributed by atoms with Gasteiger partial charge in [-0.3, -0.25) is 4.79 Å².